The number of aromatic nitrogens is 2. The van der Waals surface area contributed by atoms with Crippen LogP contribution in [0.25, 0.3) is 0 Å². The number of nitrogens with zero attached hydrogens (tertiary/aromatic N) is 3. The van der Waals surface area contributed by atoms with E-state index in [0.29, 0.717) is 12.4 Å². The Morgan fingerprint density at radius 3 is 2.93 bits per heavy atom. The zero-order valence-corrected chi connectivity index (χ0v) is 15.4. The number of allylic oxidation sites excluding steroid dienone is 1. The van der Waals surface area contributed by atoms with Crippen LogP contribution < -0.4 is 10.2 Å². The molecule has 4 atom stereocenters. The van der Waals surface area contributed by atoms with E-state index in [1.807, 2.05) is 23.7 Å². The molecule has 144 valence electrons. The van der Waals surface area contributed by atoms with Crippen molar-refractivity contribution in [2.75, 3.05) is 16.8 Å². The maximum absolute atomic E-state index is 10.4. The van der Waals surface area contributed by atoms with Crippen molar-refractivity contribution in [2.24, 2.45) is 0 Å². The van der Waals surface area contributed by atoms with Gasteiger partial charge in [0.15, 0.2) is 6.23 Å². The highest BCUT2D eigenvalue weighted by atomic mass is 32.1. The molecule has 1 saturated heterocycles. The van der Waals surface area contributed by atoms with Gasteiger partial charge in [-0.3, -0.25) is 0 Å². The largest absolute Gasteiger partial charge is 0.394 e. The van der Waals surface area contributed by atoms with Crippen LogP contribution in [0.3, 0.4) is 0 Å². The monoisotopic (exact) mass is 390 g/mol. The molecule has 0 bridgehead atoms. The summed E-state index contributed by atoms with van der Waals surface area (Å²) in [5.41, 5.74) is 0.928. The van der Waals surface area contributed by atoms with Crippen molar-refractivity contribution in [1.82, 2.24) is 9.97 Å². The predicted octanol–water partition coefficient (Wildman–Crippen LogP) is 0.855. The third-order valence-electron chi connectivity index (χ3n) is 4.80. The van der Waals surface area contributed by atoms with Crippen LogP contribution in [0.5, 0.6) is 0 Å². The van der Waals surface area contributed by atoms with Gasteiger partial charge >= 0.3 is 0 Å². The number of thiophene rings is 1. The number of rotatable bonds is 5. The minimum absolute atomic E-state index is 0.365. The lowest BCUT2D eigenvalue weighted by Crippen LogP contribution is -2.42. The van der Waals surface area contributed by atoms with Gasteiger partial charge in [0.05, 0.1) is 13.2 Å². The van der Waals surface area contributed by atoms with E-state index in [2.05, 4.69) is 21.4 Å². The standard InChI is InChI=1S/C18H22N4O4S/c23-9-13-14(24)15(25)18(26-13)22-6-2-1-5-12-16(20-10-21-17(12)22)19-8-11-4-3-7-27-11/h2-4,6-7,10,13-15,18,23-25H,1,5,8-9H2,(H,19,20,21)/t13?,14-,15-,18+/m0/s1. The van der Waals surface area contributed by atoms with Crippen LogP contribution in [-0.2, 0) is 17.7 Å². The summed E-state index contributed by atoms with van der Waals surface area (Å²) < 4.78 is 5.69. The molecule has 2 aliphatic rings. The van der Waals surface area contributed by atoms with Crippen LogP contribution in [0.1, 0.15) is 16.9 Å². The first-order valence-electron chi connectivity index (χ1n) is 8.86. The second-order valence-corrected chi connectivity index (χ2v) is 7.55. The molecule has 8 nitrogen and oxygen atoms in total. The Balaban J connectivity index is 1.62. The lowest BCUT2D eigenvalue weighted by atomic mass is 10.1. The molecule has 4 rings (SSSR count). The first kappa shape index (κ1) is 18.3. The number of aliphatic hydroxyl groups is 3. The van der Waals surface area contributed by atoms with E-state index in [9.17, 15) is 15.3 Å². The first-order chi connectivity index (χ1) is 13.2. The predicted molar refractivity (Wildman–Crippen MR) is 101 cm³/mol. The summed E-state index contributed by atoms with van der Waals surface area (Å²) in [6.07, 6.45) is 2.82. The Bertz CT molecular complexity index is 801. The van der Waals surface area contributed by atoms with Crippen LogP contribution in [-0.4, -0.2) is 56.4 Å². The van der Waals surface area contributed by atoms with Crippen LogP contribution in [0.2, 0.25) is 0 Å². The van der Waals surface area contributed by atoms with Gasteiger partial charge < -0.3 is 30.3 Å². The Hall–Kier alpha value is -2.04. The second kappa shape index (κ2) is 7.91. The SMILES string of the molecule is OCC1O[C@@H](N2C=CCCc3c(NCc4cccs4)ncnc32)[C@@H](O)[C@H]1O. The molecule has 0 saturated carbocycles. The minimum Gasteiger partial charge on any atom is -0.394 e. The van der Waals surface area contributed by atoms with Crippen LogP contribution in [0.15, 0.2) is 36.1 Å². The fraction of sp³-hybridized carbons (Fsp3) is 0.444. The van der Waals surface area contributed by atoms with Gasteiger partial charge in [0.1, 0.15) is 36.3 Å². The summed E-state index contributed by atoms with van der Waals surface area (Å²) in [4.78, 5) is 11.7. The molecule has 0 amide bonds. The van der Waals surface area contributed by atoms with Gasteiger partial charge in [-0.2, -0.15) is 0 Å². The van der Waals surface area contributed by atoms with Crippen molar-refractivity contribution >= 4 is 23.0 Å². The molecule has 1 fully saturated rings. The van der Waals surface area contributed by atoms with Gasteiger partial charge in [-0.15, -0.1) is 11.3 Å². The summed E-state index contributed by atoms with van der Waals surface area (Å²) in [5.74, 6) is 1.37. The van der Waals surface area contributed by atoms with Gasteiger partial charge in [-0.05, 0) is 24.3 Å². The summed E-state index contributed by atoms with van der Waals surface area (Å²) >= 11 is 1.67. The fourth-order valence-corrected chi connectivity index (χ4v) is 4.04. The molecule has 0 aromatic carbocycles. The molecule has 4 N–H and O–H groups in total. The molecule has 0 radical (unpaired) electrons. The molecule has 9 heteroatoms. The number of fused-ring (bicyclic) bond motifs is 1. The smallest absolute Gasteiger partial charge is 0.164 e. The van der Waals surface area contributed by atoms with Crippen molar-refractivity contribution < 1.29 is 20.1 Å². The molecule has 4 heterocycles. The Kier molecular flexibility index (Phi) is 5.37. The lowest BCUT2D eigenvalue weighted by Gasteiger charge is -2.29. The summed E-state index contributed by atoms with van der Waals surface area (Å²) in [6, 6.07) is 4.07. The zero-order chi connectivity index (χ0) is 18.8. The third kappa shape index (κ3) is 3.56. The van der Waals surface area contributed by atoms with Crippen LogP contribution in [0.4, 0.5) is 11.6 Å². The van der Waals surface area contributed by atoms with Crippen molar-refractivity contribution in [3.63, 3.8) is 0 Å². The normalized spacial score (nSPS) is 27.4. The van der Waals surface area contributed by atoms with E-state index in [1.165, 1.54) is 11.2 Å². The van der Waals surface area contributed by atoms with Crippen molar-refractivity contribution in [3.05, 3.63) is 46.6 Å². The highest BCUT2D eigenvalue weighted by Crippen LogP contribution is 2.34. The van der Waals surface area contributed by atoms with Crippen molar-refractivity contribution in [3.8, 4) is 0 Å². The maximum Gasteiger partial charge on any atom is 0.164 e. The molecule has 27 heavy (non-hydrogen) atoms. The highest BCUT2D eigenvalue weighted by molar-refractivity contribution is 7.09. The molecule has 2 aromatic rings. The number of aliphatic hydroxyl groups excluding tert-OH is 3. The number of anilines is 2. The summed E-state index contributed by atoms with van der Waals surface area (Å²) in [6.45, 7) is 0.304. The molecular weight excluding hydrogens is 368 g/mol. The number of hydrogen-bond donors (Lipinski definition) is 4. The Labute approximate surface area is 160 Å². The summed E-state index contributed by atoms with van der Waals surface area (Å²) in [7, 11) is 0. The average molecular weight is 390 g/mol. The first-order valence-corrected chi connectivity index (χ1v) is 9.74. The van der Waals surface area contributed by atoms with E-state index in [4.69, 9.17) is 4.74 Å². The van der Waals surface area contributed by atoms with Gasteiger partial charge in [-0.25, -0.2) is 9.97 Å². The van der Waals surface area contributed by atoms with Crippen molar-refractivity contribution in [2.45, 2.75) is 43.9 Å². The Morgan fingerprint density at radius 1 is 1.30 bits per heavy atom. The second-order valence-electron chi connectivity index (χ2n) is 6.52. The van der Waals surface area contributed by atoms with Crippen LogP contribution in [0, 0.1) is 0 Å². The van der Waals surface area contributed by atoms with Crippen LogP contribution >= 0.6 is 11.3 Å². The lowest BCUT2D eigenvalue weighted by molar-refractivity contribution is -0.0203. The van der Waals surface area contributed by atoms with E-state index < -0.39 is 24.5 Å². The summed E-state index contributed by atoms with van der Waals surface area (Å²) in [5, 5.41) is 35.3. The highest BCUT2D eigenvalue weighted by Gasteiger charge is 2.45. The molecule has 2 aliphatic heterocycles. The van der Waals surface area contributed by atoms with E-state index in [1.54, 1.807) is 16.2 Å². The molecule has 0 aliphatic carbocycles. The molecular formula is C18H22N4O4S. The van der Waals surface area contributed by atoms with Gasteiger partial charge in [0.2, 0.25) is 0 Å². The molecule has 2 aromatic heterocycles. The zero-order valence-electron chi connectivity index (χ0n) is 14.6. The van der Waals surface area contributed by atoms with Gasteiger partial charge in [-0.1, -0.05) is 12.1 Å². The maximum atomic E-state index is 10.4. The number of hydrogen-bond acceptors (Lipinski definition) is 9. The van der Waals surface area contributed by atoms with E-state index >= 15 is 0 Å². The molecule has 1 unspecified atom stereocenters. The van der Waals surface area contributed by atoms with Gasteiger partial charge in [0, 0.05) is 16.6 Å². The van der Waals surface area contributed by atoms with E-state index in [0.717, 1.165) is 24.2 Å². The Morgan fingerprint density at radius 2 is 2.19 bits per heavy atom. The number of ether oxygens (including phenoxy) is 1. The minimum atomic E-state index is -1.16. The molecule has 0 spiro atoms. The average Bonchev–Trinajstić information content (AvgIpc) is 3.23. The number of nitrogens with one attached hydrogen (secondary N) is 1. The van der Waals surface area contributed by atoms with Gasteiger partial charge in [0.25, 0.3) is 0 Å². The van der Waals surface area contributed by atoms with Crippen molar-refractivity contribution in [1.29, 1.82) is 0 Å². The quantitative estimate of drug-likeness (QED) is 0.595. The third-order valence-corrected chi connectivity index (χ3v) is 5.67. The fourth-order valence-electron chi connectivity index (χ4n) is 3.39. The van der Waals surface area contributed by atoms with E-state index in [-0.39, 0.29) is 6.61 Å². The topological polar surface area (TPSA) is 111 Å².